The van der Waals surface area contributed by atoms with Gasteiger partial charge in [0.25, 0.3) is 0 Å². The molecule has 27 heavy (non-hydrogen) atoms. The molecule has 6 nitrogen and oxygen atoms in total. The van der Waals surface area contributed by atoms with Gasteiger partial charge in [-0.15, -0.1) is 24.0 Å². The Morgan fingerprint density at radius 3 is 2.56 bits per heavy atom. The van der Waals surface area contributed by atoms with Crippen LogP contribution in [-0.4, -0.2) is 38.6 Å². The molecule has 3 N–H and O–H groups in total. The summed E-state index contributed by atoms with van der Waals surface area (Å²) in [6, 6.07) is 13.5. The maximum atomic E-state index is 13.1. The predicted molar refractivity (Wildman–Crippen MR) is 116 cm³/mol. The van der Waals surface area contributed by atoms with E-state index in [2.05, 4.69) is 20.9 Å². The Balaban J connectivity index is 0.00000364. The smallest absolute Gasteiger partial charge is 0.243 e. The fourth-order valence-electron chi connectivity index (χ4n) is 2.13. The Bertz CT molecular complexity index is 754. The van der Waals surface area contributed by atoms with Gasteiger partial charge in [-0.25, -0.2) is 4.39 Å². The number of amides is 1. The van der Waals surface area contributed by atoms with Gasteiger partial charge in [-0.2, -0.15) is 0 Å². The van der Waals surface area contributed by atoms with Crippen LogP contribution in [0, 0.1) is 12.7 Å². The first kappa shape index (κ1) is 22.7. The summed E-state index contributed by atoms with van der Waals surface area (Å²) in [5.41, 5.74) is 1.59. The molecule has 0 heterocycles. The van der Waals surface area contributed by atoms with E-state index in [0.29, 0.717) is 24.8 Å². The summed E-state index contributed by atoms with van der Waals surface area (Å²) in [4.78, 5) is 15.9. The number of nitrogens with zero attached hydrogens (tertiary/aromatic N) is 1. The maximum Gasteiger partial charge on any atom is 0.243 e. The van der Waals surface area contributed by atoms with E-state index < -0.39 is 5.82 Å². The van der Waals surface area contributed by atoms with Crippen molar-refractivity contribution in [1.29, 1.82) is 0 Å². The minimum Gasteiger partial charge on any atom is -0.492 e. The van der Waals surface area contributed by atoms with Gasteiger partial charge in [0.05, 0.1) is 13.1 Å². The van der Waals surface area contributed by atoms with Crippen molar-refractivity contribution in [2.24, 2.45) is 4.99 Å². The number of benzene rings is 2. The van der Waals surface area contributed by atoms with Crippen LogP contribution in [0.3, 0.4) is 0 Å². The standard InChI is InChI=1S/C19H23FN4O2.HI/c1-14-6-8-17(9-7-14)26-11-10-22-19(21-2)23-13-18(25)24-16-5-3-4-15(20)12-16;/h3-9,12H,10-11,13H2,1-2H3,(H,24,25)(H2,21,22,23);1H. The van der Waals surface area contributed by atoms with Gasteiger partial charge in [0.2, 0.25) is 5.91 Å². The molecule has 0 saturated carbocycles. The number of hydrogen-bond donors (Lipinski definition) is 3. The van der Waals surface area contributed by atoms with E-state index >= 15 is 0 Å². The molecule has 0 saturated heterocycles. The molecule has 2 aromatic rings. The van der Waals surface area contributed by atoms with Crippen LogP contribution < -0.4 is 20.7 Å². The number of ether oxygens (including phenoxy) is 1. The molecular formula is C19H24FIN4O2. The molecule has 146 valence electrons. The normalized spacial score (nSPS) is 10.6. The lowest BCUT2D eigenvalue weighted by Crippen LogP contribution is -2.42. The second-order valence-electron chi connectivity index (χ2n) is 5.57. The number of carbonyl (C=O) groups excluding carboxylic acids is 1. The molecule has 0 bridgehead atoms. The lowest BCUT2D eigenvalue weighted by molar-refractivity contribution is -0.115. The molecular weight excluding hydrogens is 462 g/mol. The molecule has 0 radical (unpaired) electrons. The summed E-state index contributed by atoms with van der Waals surface area (Å²) in [6.45, 7) is 3.01. The molecule has 0 spiro atoms. The van der Waals surface area contributed by atoms with Gasteiger partial charge < -0.3 is 20.7 Å². The highest BCUT2D eigenvalue weighted by atomic mass is 127. The molecule has 0 aliphatic rings. The minimum atomic E-state index is -0.401. The van der Waals surface area contributed by atoms with Crippen molar-refractivity contribution in [3.63, 3.8) is 0 Å². The van der Waals surface area contributed by atoms with Crippen molar-refractivity contribution in [3.05, 3.63) is 59.9 Å². The Morgan fingerprint density at radius 1 is 1.15 bits per heavy atom. The van der Waals surface area contributed by atoms with Gasteiger partial charge in [0.1, 0.15) is 18.2 Å². The van der Waals surface area contributed by atoms with E-state index in [0.717, 1.165) is 5.75 Å². The van der Waals surface area contributed by atoms with Crippen LogP contribution >= 0.6 is 24.0 Å². The molecule has 0 aromatic heterocycles. The summed E-state index contributed by atoms with van der Waals surface area (Å²) >= 11 is 0. The third-order valence-electron chi connectivity index (χ3n) is 3.43. The van der Waals surface area contributed by atoms with Gasteiger partial charge in [0, 0.05) is 12.7 Å². The predicted octanol–water partition coefficient (Wildman–Crippen LogP) is 2.93. The van der Waals surface area contributed by atoms with Crippen molar-refractivity contribution in [1.82, 2.24) is 10.6 Å². The van der Waals surface area contributed by atoms with Crippen molar-refractivity contribution in [3.8, 4) is 5.75 Å². The van der Waals surface area contributed by atoms with Crippen LogP contribution in [-0.2, 0) is 4.79 Å². The Kier molecular flexibility index (Phi) is 10.2. The van der Waals surface area contributed by atoms with E-state index in [4.69, 9.17) is 4.74 Å². The summed E-state index contributed by atoms with van der Waals surface area (Å²) in [6.07, 6.45) is 0. The van der Waals surface area contributed by atoms with Crippen LogP contribution in [0.15, 0.2) is 53.5 Å². The van der Waals surface area contributed by atoms with Crippen LogP contribution in [0.1, 0.15) is 5.56 Å². The molecule has 8 heteroatoms. The van der Waals surface area contributed by atoms with Gasteiger partial charge in [-0.05, 0) is 37.3 Å². The molecule has 0 aliphatic heterocycles. The van der Waals surface area contributed by atoms with Crippen molar-refractivity contribution in [2.45, 2.75) is 6.92 Å². The lowest BCUT2D eigenvalue weighted by atomic mass is 10.2. The molecule has 2 aromatic carbocycles. The van der Waals surface area contributed by atoms with E-state index in [9.17, 15) is 9.18 Å². The molecule has 0 aliphatic carbocycles. The monoisotopic (exact) mass is 486 g/mol. The first-order valence-corrected chi connectivity index (χ1v) is 8.26. The number of nitrogens with one attached hydrogen (secondary N) is 3. The number of anilines is 1. The number of guanidine groups is 1. The highest BCUT2D eigenvalue weighted by Gasteiger charge is 2.05. The second-order valence-corrected chi connectivity index (χ2v) is 5.57. The number of aryl methyl sites for hydroxylation is 1. The molecule has 1 amide bonds. The zero-order chi connectivity index (χ0) is 18.8. The summed E-state index contributed by atoms with van der Waals surface area (Å²) < 4.78 is 18.7. The average Bonchev–Trinajstić information content (AvgIpc) is 2.62. The fourth-order valence-corrected chi connectivity index (χ4v) is 2.13. The van der Waals surface area contributed by atoms with Gasteiger partial charge in [0.15, 0.2) is 5.96 Å². The first-order chi connectivity index (χ1) is 12.6. The second kappa shape index (κ2) is 12.1. The van der Waals surface area contributed by atoms with Gasteiger partial charge in [-0.1, -0.05) is 23.8 Å². The SMILES string of the molecule is CN=C(NCCOc1ccc(C)cc1)NCC(=O)Nc1cccc(F)c1.I. The van der Waals surface area contributed by atoms with Crippen molar-refractivity contribution in [2.75, 3.05) is 32.1 Å². The Labute approximate surface area is 175 Å². The van der Waals surface area contributed by atoms with Crippen LogP contribution in [0.25, 0.3) is 0 Å². The summed E-state index contributed by atoms with van der Waals surface area (Å²) in [5, 5.41) is 8.55. The highest BCUT2D eigenvalue weighted by Crippen LogP contribution is 2.10. The first-order valence-electron chi connectivity index (χ1n) is 8.26. The van der Waals surface area contributed by atoms with E-state index in [1.165, 1.54) is 23.8 Å². The molecule has 0 atom stereocenters. The number of halogens is 2. The van der Waals surface area contributed by atoms with Gasteiger partial charge in [-0.3, -0.25) is 9.79 Å². The van der Waals surface area contributed by atoms with E-state index in [-0.39, 0.29) is 36.4 Å². The van der Waals surface area contributed by atoms with Gasteiger partial charge >= 0.3 is 0 Å². The largest absolute Gasteiger partial charge is 0.492 e. The number of carbonyl (C=O) groups is 1. The van der Waals surface area contributed by atoms with Crippen LogP contribution in [0.4, 0.5) is 10.1 Å². The lowest BCUT2D eigenvalue weighted by Gasteiger charge is -2.12. The average molecular weight is 486 g/mol. The fraction of sp³-hybridized carbons (Fsp3) is 0.263. The summed E-state index contributed by atoms with van der Waals surface area (Å²) in [5.74, 6) is 0.581. The van der Waals surface area contributed by atoms with Crippen LogP contribution in [0.2, 0.25) is 0 Å². The zero-order valence-corrected chi connectivity index (χ0v) is 17.6. The Hall–Kier alpha value is -2.36. The highest BCUT2D eigenvalue weighted by molar-refractivity contribution is 14.0. The molecule has 0 unspecified atom stereocenters. The topological polar surface area (TPSA) is 74.8 Å². The number of hydrogen-bond acceptors (Lipinski definition) is 3. The molecule has 0 fully saturated rings. The van der Waals surface area contributed by atoms with E-state index in [1.54, 1.807) is 13.1 Å². The third kappa shape index (κ3) is 8.72. The van der Waals surface area contributed by atoms with Crippen molar-refractivity contribution < 1.29 is 13.9 Å². The van der Waals surface area contributed by atoms with Crippen molar-refractivity contribution >= 4 is 41.5 Å². The third-order valence-corrected chi connectivity index (χ3v) is 3.43. The Morgan fingerprint density at radius 2 is 1.89 bits per heavy atom. The maximum absolute atomic E-state index is 13.1. The number of aliphatic imine (C=N–C) groups is 1. The minimum absolute atomic E-state index is 0. The molecule has 2 rings (SSSR count). The summed E-state index contributed by atoms with van der Waals surface area (Å²) in [7, 11) is 1.61. The van der Waals surface area contributed by atoms with Crippen LogP contribution in [0.5, 0.6) is 5.75 Å². The number of rotatable bonds is 7. The van der Waals surface area contributed by atoms with E-state index in [1.807, 2.05) is 31.2 Å². The quantitative estimate of drug-likeness (QED) is 0.244. The zero-order valence-electron chi connectivity index (χ0n) is 15.3.